The maximum Gasteiger partial charge on any atom is 0.294 e. The SMILES string of the molecule is O=C(/C=C/c1ccc(-c2cccc(Cl)c2Cl)o1)Nc1ccc(N2CCOCC2)c([N+](=O)[O-])c1. The summed E-state index contributed by atoms with van der Waals surface area (Å²) in [6.45, 7) is 2.17. The molecule has 1 aliphatic heterocycles. The molecule has 2 heterocycles. The Bertz CT molecular complexity index is 1220. The third-order valence-corrected chi connectivity index (χ3v) is 5.85. The lowest BCUT2D eigenvalue weighted by atomic mass is 10.2. The summed E-state index contributed by atoms with van der Waals surface area (Å²) in [7, 11) is 0. The van der Waals surface area contributed by atoms with Gasteiger partial charge in [0.05, 0.1) is 28.2 Å². The Morgan fingerprint density at radius 3 is 2.67 bits per heavy atom. The van der Waals surface area contributed by atoms with E-state index in [9.17, 15) is 14.9 Å². The fourth-order valence-corrected chi connectivity index (χ4v) is 3.84. The maximum atomic E-state index is 12.4. The molecule has 1 aliphatic rings. The minimum atomic E-state index is -0.457. The van der Waals surface area contributed by atoms with Gasteiger partial charge in [0.1, 0.15) is 17.2 Å². The van der Waals surface area contributed by atoms with Gasteiger partial charge in [0, 0.05) is 36.5 Å². The molecule has 8 nitrogen and oxygen atoms in total. The van der Waals surface area contributed by atoms with Gasteiger partial charge in [-0.3, -0.25) is 14.9 Å². The van der Waals surface area contributed by atoms with Gasteiger partial charge in [-0.2, -0.15) is 0 Å². The normalized spacial score (nSPS) is 13.9. The van der Waals surface area contributed by atoms with Gasteiger partial charge in [0.15, 0.2) is 0 Å². The number of amides is 1. The zero-order chi connectivity index (χ0) is 23.4. The molecule has 1 aromatic heterocycles. The molecule has 1 N–H and O–H groups in total. The Balaban J connectivity index is 1.45. The molecule has 0 unspecified atom stereocenters. The van der Waals surface area contributed by atoms with Gasteiger partial charge in [0.2, 0.25) is 5.91 Å². The molecule has 0 aliphatic carbocycles. The first-order valence-corrected chi connectivity index (χ1v) is 10.8. The average Bonchev–Trinajstić information content (AvgIpc) is 3.29. The number of rotatable bonds is 6. The van der Waals surface area contributed by atoms with E-state index in [4.69, 9.17) is 32.4 Å². The summed E-state index contributed by atoms with van der Waals surface area (Å²) in [4.78, 5) is 25.4. The highest BCUT2D eigenvalue weighted by Crippen LogP contribution is 2.35. The molecular weight excluding hydrogens is 469 g/mol. The highest BCUT2D eigenvalue weighted by molar-refractivity contribution is 6.43. The number of ether oxygens (including phenoxy) is 1. The Hall–Kier alpha value is -3.33. The lowest BCUT2D eigenvalue weighted by Gasteiger charge is -2.28. The summed E-state index contributed by atoms with van der Waals surface area (Å²) in [5.41, 5.74) is 1.38. The van der Waals surface area contributed by atoms with E-state index in [2.05, 4.69) is 5.32 Å². The molecule has 170 valence electrons. The number of morpholine rings is 1. The molecule has 0 saturated carbocycles. The maximum absolute atomic E-state index is 12.4. The number of nitrogens with zero attached hydrogens (tertiary/aromatic N) is 2. The third-order valence-electron chi connectivity index (χ3n) is 5.03. The molecule has 0 bridgehead atoms. The average molecular weight is 488 g/mol. The summed E-state index contributed by atoms with van der Waals surface area (Å²) in [6.07, 6.45) is 2.78. The largest absolute Gasteiger partial charge is 0.457 e. The molecule has 10 heteroatoms. The van der Waals surface area contributed by atoms with Crippen molar-refractivity contribution < 1.29 is 18.9 Å². The van der Waals surface area contributed by atoms with Gasteiger partial charge < -0.3 is 19.4 Å². The van der Waals surface area contributed by atoms with Crippen molar-refractivity contribution in [2.45, 2.75) is 0 Å². The van der Waals surface area contributed by atoms with Crippen molar-refractivity contribution in [3.8, 4) is 11.3 Å². The van der Waals surface area contributed by atoms with Gasteiger partial charge in [-0.05, 0) is 42.5 Å². The monoisotopic (exact) mass is 487 g/mol. The number of carbonyl (C=O) groups excluding carboxylic acids is 1. The highest BCUT2D eigenvalue weighted by atomic mass is 35.5. The van der Waals surface area contributed by atoms with Crippen LogP contribution in [0.25, 0.3) is 17.4 Å². The lowest BCUT2D eigenvalue weighted by Crippen LogP contribution is -2.36. The van der Waals surface area contributed by atoms with Crippen LogP contribution in [0.4, 0.5) is 17.1 Å². The van der Waals surface area contributed by atoms with Crippen molar-refractivity contribution in [1.82, 2.24) is 0 Å². The number of carbonyl (C=O) groups is 1. The fourth-order valence-electron chi connectivity index (χ4n) is 3.44. The van der Waals surface area contributed by atoms with Gasteiger partial charge in [0.25, 0.3) is 5.69 Å². The first-order valence-electron chi connectivity index (χ1n) is 10.1. The van der Waals surface area contributed by atoms with Gasteiger partial charge in [-0.1, -0.05) is 29.3 Å². The van der Waals surface area contributed by atoms with Crippen molar-refractivity contribution in [2.24, 2.45) is 0 Å². The molecule has 0 radical (unpaired) electrons. The van der Waals surface area contributed by atoms with Crippen LogP contribution in [0.5, 0.6) is 0 Å². The molecule has 33 heavy (non-hydrogen) atoms. The van der Waals surface area contributed by atoms with Crippen LogP contribution in [0, 0.1) is 10.1 Å². The molecule has 3 aromatic rings. The van der Waals surface area contributed by atoms with Crippen molar-refractivity contribution in [3.05, 3.63) is 80.5 Å². The Labute approximate surface area is 199 Å². The standard InChI is InChI=1S/C23H19Cl2N3O5/c24-18-3-1-2-17(23(18)25)21-8-5-16(33-21)6-9-22(29)26-15-4-7-19(20(14-15)28(30)31)27-10-12-32-13-11-27/h1-9,14H,10-13H2,(H,26,29)/b9-6+. The number of hydrogen-bond acceptors (Lipinski definition) is 6. The minimum Gasteiger partial charge on any atom is -0.457 e. The molecule has 1 fully saturated rings. The number of anilines is 2. The second-order valence-electron chi connectivity index (χ2n) is 7.19. The van der Waals surface area contributed by atoms with Gasteiger partial charge in [-0.25, -0.2) is 0 Å². The highest BCUT2D eigenvalue weighted by Gasteiger charge is 2.22. The number of benzene rings is 2. The van der Waals surface area contributed by atoms with Crippen molar-refractivity contribution in [1.29, 1.82) is 0 Å². The Morgan fingerprint density at radius 2 is 1.91 bits per heavy atom. The molecule has 2 aromatic carbocycles. The molecule has 1 amide bonds. The topological polar surface area (TPSA) is 97.9 Å². The third kappa shape index (κ3) is 5.36. The predicted octanol–water partition coefficient (Wildman–Crippen LogP) is 5.65. The quantitative estimate of drug-likeness (QED) is 0.274. The molecular formula is C23H19Cl2N3O5. The number of nitrogens with one attached hydrogen (secondary N) is 1. The number of halogens is 2. The van der Waals surface area contributed by atoms with E-state index in [0.29, 0.717) is 64.8 Å². The number of furan rings is 1. The fraction of sp³-hybridized carbons (Fsp3) is 0.174. The Kier molecular flexibility index (Phi) is 6.98. The van der Waals surface area contributed by atoms with Crippen molar-refractivity contribution in [2.75, 3.05) is 36.5 Å². The van der Waals surface area contributed by atoms with Gasteiger partial charge >= 0.3 is 0 Å². The first-order chi connectivity index (χ1) is 15.9. The van der Waals surface area contributed by atoms with E-state index in [1.54, 1.807) is 42.5 Å². The summed E-state index contributed by atoms with van der Waals surface area (Å²) < 4.78 is 11.0. The van der Waals surface area contributed by atoms with Gasteiger partial charge in [-0.15, -0.1) is 0 Å². The smallest absolute Gasteiger partial charge is 0.294 e. The zero-order valence-electron chi connectivity index (χ0n) is 17.3. The number of hydrogen-bond donors (Lipinski definition) is 1. The number of nitro benzene ring substituents is 1. The lowest BCUT2D eigenvalue weighted by molar-refractivity contribution is -0.384. The van der Waals surface area contributed by atoms with Crippen LogP contribution in [-0.2, 0) is 9.53 Å². The van der Waals surface area contributed by atoms with Crippen LogP contribution in [0.3, 0.4) is 0 Å². The second kappa shape index (κ2) is 10.1. The minimum absolute atomic E-state index is 0.0762. The van der Waals surface area contributed by atoms with Crippen LogP contribution in [0.15, 0.2) is 59.0 Å². The second-order valence-corrected chi connectivity index (χ2v) is 7.97. The summed E-state index contributed by atoms with van der Waals surface area (Å²) in [6, 6.07) is 13.3. The first kappa shape index (κ1) is 22.8. The van der Waals surface area contributed by atoms with E-state index >= 15 is 0 Å². The number of nitro groups is 1. The van der Waals surface area contributed by atoms with E-state index in [-0.39, 0.29) is 5.69 Å². The molecule has 0 atom stereocenters. The van der Waals surface area contributed by atoms with Crippen molar-refractivity contribution >= 4 is 52.2 Å². The Morgan fingerprint density at radius 1 is 1.12 bits per heavy atom. The van der Waals surface area contributed by atoms with Crippen LogP contribution in [0.2, 0.25) is 10.0 Å². The molecule has 1 saturated heterocycles. The van der Waals surface area contributed by atoms with E-state index in [1.165, 1.54) is 18.2 Å². The van der Waals surface area contributed by atoms with Crippen molar-refractivity contribution in [3.63, 3.8) is 0 Å². The zero-order valence-corrected chi connectivity index (χ0v) is 18.8. The predicted molar refractivity (Wildman–Crippen MR) is 128 cm³/mol. The van der Waals surface area contributed by atoms with Crippen LogP contribution in [0.1, 0.15) is 5.76 Å². The molecule has 0 spiro atoms. The van der Waals surface area contributed by atoms with Crippen LogP contribution in [-0.4, -0.2) is 37.1 Å². The van der Waals surface area contributed by atoms with E-state index in [0.717, 1.165) is 0 Å². The van der Waals surface area contributed by atoms with Crippen LogP contribution >= 0.6 is 23.2 Å². The van der Waals surface area contributed by atoms with Crippen LogP contribution < -0.4 is 10.2 Å². The summed E-state index contributed by atoms with van der Waals surface area (Å²) >= 11 is 12.3. The summed E-state index contributed by atoms with van der Waals surface area (Å²) in [5, 5.41) is 15.0. The van der Waals surface area contributed by atoms with E-state index in [1.807, 2.05) is 4.90 Å². The van der Waals surface area contributed by atoms with E-state index < -0.39 is 10.8 Å². The molecule has 4 rings (SSSR count). The summed E-state index contributed by atoms with van der Waals surface area (Å²) in [5.74, 6) is 0.490.